The number of piperidine rings is 1. The van der Waals surface area contributed by atoms with E-state index in [0.29, 0.717) is 29.6 Å². The number of aryl methyl sites for hydroxylation is 1. The third-order valence-corrected chi connectivity index (χ3v) is 4.98. The van der Waals surface area contributed by atoms with Crippen LogP contribution in [-0.4, -0.2) is 43.2 Å². The molecule has 7 nitrogen and oxygen atoms in total. The van der Waals surface area contributed by atoms with Gasteiger partial charge in [0.2, 0.25) is 0 Å². The standard InChI is InChI=1S/C17H20N6O/c1-10-5-12-7-13(6-10)23(12)17(24)21-15-8-14(11(2)9-19-15)16-18-3-4-20-22-16/h3-4,8-10,12-13H,5-7H2,1-2H3,(H,19,21,24). The van der Waals surface area contributed by atoms with Crippen molar-refractivity contribution in [3.63, 3.8) is 0 Å². The number of amides is 2. The Morgan fingerprint density at radius 2 is 2.00 bits per heavy atom. The van der Waals surface area contributed by atoms with E-state index in [1.165, 1.54) is 6.20 Å². The molecule has 2 unspecified atom stereocenters. The molecule has 0 spiro atoms. The van der Waals surface area contributed by atoms with E-state index in [9.17, 15) is 4.79 Å². The van der Waals surface area contributed by atoms with E-state index in [1.54, 1.807) is 12.4 Å². The zero-order valence-electron chi connectivity index (χ0n) is 13.8. The first kappa shape index (κ1) is 15.0. The quantitative estimate of drug-likeness (QED) is 0.918. The van der Waals surface area contributed by atoms with Gasteiger partial charge >= 0.3 is 6.03 Å². The van der Waals surface area contributed by atoms with Crippen molar-refractivity contribution in [2.45, 2.75) is 45.2 Å². The summed E-state index contributed by atoms with van der Waals surface area (Å²) in [5, 5.41) is 10.8. The van der Waals surface area contributed by atoms with Crippen LogP contribution in [0.1, 0.15) is 31.7 Å². The first-order valence-corrected chi connectivity index (χ1v) is 8.32. The largest absolute Gasteiger partial charge is 0.323 e. The maximum Gasteiger partial charge on any atom is 0.323 e. The monoisotopic (exact) mass is 324 g/mol. The molecule has 7 heteroatoms. The molecule has 4 rings (SSSR count). The number of carbonyl (C=O) groups excluding carboxylic acids is 1. The van der Waals surface area contributed by atoms with Gasteiger partial charge in [-0.15, -0.1) is 5.10 Å². The minimum Gasteiger partial charge on any atom is -0.318 e. The van der Waals surface area contributed by atoms with Crippen LogP contribution in [0.4, 0.5) is 10.6 Å². The predicted molar refractivity (Wildman–Crippen MR) is 89.2 cm³/mol. The Hall–Kier alpha value is -2.57. The highest BCUT2D eigenvalue weighted by molar-refractivity contribution is 5.90. The van der Waals surface area contributed by atoms with Crippen molar-refractivity contribution < 1.29 is 4.79 Å². The van der Waals surface area contributed by atoms with E-state index >= 15 is 0 Å². The number of urea groups is 1. The van der Waals surface area contributed by atoms with Crippen molar-refractivity contribution in [3.05, 3.63) is 30.2 Å². The van der Waals surface area contributed by atoms with E-state index < -0.39 is 0 Å². The fourth-order valence-corrected chi connectivity index (χ4v) is 3.86. The molecule has 0 radical (unpaired) electrons. The molecule has 124 valence electrons. The third-order valence-electron chi connectivity index (χ3n) is 4.98. The number of rotatable bonds is 2. The Balaban J connectivity index is 1.52. The minimum atomic E-state index is -0.0578. The van der Waals surface area contributed by atoms with Crippen LogP contribution in [0.3, 0.4) is 0 Å². The fourth-order valence-electron chi connectivity index (χ4n) is 3.86. The van der Waals surface area contributed by atoms with Crippen LogP contribution < -0.4 is 5.32 Å². The number of nitrogens with zero attached hydrogens (tertiary/aromatic N) is 5. The summed E-state index contributed by atoms with van der Waals surface area (Å²) in [6.45, 7) is 4.20. The molecular formula is C17H20N6O. The van der Waals surface area contributed by atoms with Gasteiger partial charge in [0, 0.05) is 30.0 Å². The van der Waals surface area contributed by atoms with Crippen LogP contribution in [0.2, 0.25) is 0 Å². The summed E-state index contributed by atoms with van der Waals surface area (Å²) in [5.41, 5.74) is 1.77. The Morgan fingerprint density at radius 3 is 2.71 bits per heavy atom. The molecule has 2 saturated heterocycles. The zero-order valence-corrected chi connectivity index (χ0v) is 13.8. The van der Waals surface area contributed by atoms with E-state index in [2.05, 4.69) is 32.4 Å². The highest BCUT2D eigenvalue weighted by Crippen LogP contribution is 2.41. The van der Waals surface area contributed by atoms with Gasteiger partial charge in [0.15, 0.2) is 5.82 Å². The topological polar surface area (TPSA) is 83.9 Å². The summed E-state index contributed by atoms with van der Waals surface area (Å²) >= 11 is 0. The fraction of sp³-hybridized carbons (Fsp3) is 0.471. The van der Waals surface area contributed by atoms with E-state index in [4.69, 9.17) is 0 Å². The van der Waals surface area contributed by atoms with Crippen LogP contribution >= 0.6 is 0 Å². The number of anilines is 1. The van der Waals surface area contributed by atoms with Crippen LogP contribution in [0.5, 0.6) is 0 Å². The van der Waals surface area contributed by atoms with Crippen molar-refractivity contribution in [1.82, 2.24) is 25.1 Å². The molecule has 2 aliphatic heterocycles. The molecule has 0 aromatic carbocycles. The maximum atomic E-state index is 12.6. The van der Waals surface area contributed by atoms with Gasteiger partial charge in [0.1, 0.15) is 5.82 Å². The molecule has 2 atom stereocenters. The lowest BCUT2D eigenvalue weighted by Gasteiger charge is -2.54. The smallest absolute Gasteiger partial charge is 0.318 e. The predicted octanol–water partition coefficient (Wildman–Crippen LogP) is 2.65. The van der Waals surface area contributed by atoms with Crippen molar-refractivity contribution in [3.8, 4) is 11.4 Å². The first-order chi connectivity index (χ1) is 11.6. The van der Waals surface area contributed by atoms with Crippen molar-refractivity contribution >= 4 is 11.8 Å². The van der Waals surface area contributed by atoms with Gasteiger partial charge in [0.25, 0.3) is 0 Å². The summed E-state index contributed by atoms with van der Waals surface area (Å²) in [4.78, 5) is 23.1. The summed E-state index contributed by atoms with van der Waals surface area (Å²) in [5.74, 6) is 1.76. The maximum absolute atomic E-state index is 12.6. The average Bonchev–Trinajstić information content (AvgIpc) is 2.57. The van der Waals surface area contributed by atoms with Gasteiger partial charge in [-0.25, -0.2) is 14.8 Å². The SMILES string of the molecule is Cc1cnc(NC(=O)N2C3CC(C)CC2C3)cc1-c1nccnn1. The molecule has 4 heterocycles. The molecule has 24 heavy (non-hydrogen) atoms. The number of hydrogen-bond acceptors (Lipinski definition) is 5. The molecule has 2 bridgehead atoms. The van der Waals surface area contributed by atoms with Gasteiger partial charge < -0.3 is 4.90 Å². The highest BCUT2D eigenvalue weighted by Gasteiger charge is 2.46. The molecule has 0 saturated carbocycles. The summed E-state index contributed by atoms with van der Waals surface area (Å²) in [7, 11) is 0. The van der Waals surface area contributed by atoms with Crippen molar-refractivity contribution in [2.24, 2.45) is 5.92 Å². The van der Waals surface area contributed by atoms with Crippen molar-refractivity contribution in [1.29, 1.82) is 0 Å². The lowest BCUT2D eigenvalue weighted by atomic mass is 9.74. The number of aromatic nitrogens is 4. The van der Waals surface area contributed by atoms with Gasteiger partial charge in [-0.1, -0.05) is 6.92 Å². The molecule has 2 aliphatic rings. The van der Waals surface area contributed by atoms with Crippen LogP contribution in [0, 0.1) is 12.8 Å². The Labute approximate surface area is 140 Å². The van der Waals surface area contributed by atoms with E-state index in [1.807, 2.05) is 17.9 Å². The van der Waals surface area contributed by atoms with Crippen LogP contribution in [0.15, 0.2) is 24.7 Å². The van der Waals surface area contributed by atoms with E-state index in [0.717, 1.165) is 30.4 Å². The van der Waals surface area contributed by atoms with Gasteiger partial charge in [-0.2, -0.15) is 5.10 Å². The zero-order chi connectivity index (χ0) is 16.7. The molecule has 2 fully saturated rings. The normalized spacial score (nSPS) is 25.1. The highest BCUT2D eigenvalue weighted by atomic mass is 16.2. The molecule has 2 amide bonds. The lowest BCUT2D eigenvalue weighted by Crippen LogP contribution is -2.63. The second-order valence-corrected chi connectivity index (χ2v) is 6.81. The summed E-state index contributed by atoms with van der Waals surface area (Å²) < 4.78 is 0. The molecule has 1 N–H and O–H groups in total. The van der Waals surface area contributed by atoms with Crippen LogP contribution in [-0.2, 0) is 0 Å². The van der Waals surface area contributed by atoms with Gasteiger partial charge in [-0.05, 0) is 43.7 Å². The molecule has 2 aromatic heterocycles. The first-order valence-electron chi connectivity index (χ1n) is 8.32. The van der Waals surface area contributed by atoms with Crippen LogP contribution in [0.25, 0.3) is 11.4 Å². The Kier molecular flexibility index (Phi) is 3.63. The summed E-state index contributed by atoms with van der Waals surface area (Å²) in [6, 6.07) is 2.51. The van der Waals surface area contributed by atoms with E-state index in [-0.39, 0.29) is 6.03 Å². The molecular weight excluding hydrogens is 304 g/mol. The minimum absolute atomic E-state index is 0.0578. The number of fused-ring (bicyclic) bond motifs is 2. The second-order valence-electron chi connectivity index (χ2n) is 6.81. The molecule has 0 aliphatic carbocycles. The number of nitrogens with one attached hydrogen (secondary N) is 1. The average molecular weight is 324 g/mol. The molecule has 2 aromatic rings. The summed E-state index contributed by atoms with van der Waals surface area (Å²) in [6.07, 6.45) is 8.18. The van der Waals surface area contributed by atoms with Gasteiger partial charge in [-0.3, -0.25) is 5.32 Å². The Bertz CT molecular complexity index is 753. The number of pyridine rings is 1. The Morgan fingerprint density at radius 1 is 1.21 bits per heavy atom. The van der Waals surface area contributed by atoms with Gasteiger partial charge in [0.05, 0.1) is 6.20 Å². The lowest BCUT2D eigenvalue weighted by molar-refractivity contribution is -0.00603. The number of carbonyl (C=O) groups is 1. The van der Waals surface area contributed by atoms with Crippen molar-refractivity contribution in [2.75, 3.05) is 5.32 Å². The number of hydrogen-bond donors (Lipinski definition) is 1. The third kappa shape index (κ3) is 2.60. The second kappa shape index (κ2) is 5.81.